The zero-order valence-corrected chi connectivity index (χ0v) is 9.59. The van der Waals surface area contributed by atoms with E-state index in [0.29, 0.717) is 24.8 Å². The van der Waals surface area contributed by atoms with Gasteiger partial charge in [-0.3, -0.25) is 4.79 Å². The third-order valence-corrected chi connectivity index (χ3v) is 3.09. The topological polar surface area (TPSA) is 41.1 Å². The molecule has 0 aliphatic carbocycles. The van der Waals surface area contributed by atoms with Gasteiger partial charge >= 0.3 is 0 Å². The number of nitrogens with one attached hydrogen (secondary N) is 2. The predicted molar refractivity (Wildman–Crippen MR) is 62.6 cm³/mol. The summed E-state index contributed by atoms with van der Waals surface area (Å²) >= 11 is 0. The van der Waals surface area contributed by atoms with Crippen molar-refractivity contribution in [3.63, 3.8) is 0 Å². The number of rotatable bonds is 5. The van der Waals surface area contributed by atoms with E-state index < -0.39 is 0 Å². The molecule has 1 heterocycles. The fourth-order valence-corrected chi connectivity index (χ4v) is 2.08. The van der Waals surface area contributed by atoms with E-state index in [4.69, 9.17) is 0 Å². The molecular weight excluding hydrogens is 188 g/mol. The van der Waals surface area contributed by atoms with Crippen molar-refractivity contribution in [1.82, 2.24) is 10.6 Å². The van der Waals surface area contributed by atoms with Crippen LogP contribution in [0.1, 0.15) is 26.2 Å². The summed E-state index contributed by atoms with van der Waals surface area (Å²) in [6.45, 7) is 8.52. The number of hydrogen-bond donors (Lipinski definition) is 2. The molecule has 1 amide bonds. The SMILES string of the molecule is C=CCNC(=O)CC(C)C1CCCNC1. The lowest BCUT2D eigenvalue weighted by Gasteiger charge is -2.27. The highest BCUT2D eigenvalue weighted by molar-refractivity contribution is 5.76. The van der Waals surface area contributed by atoms with Gasteiger partial charge in [-0.2, -0.15) is 0 Å². The molecule has 3 nitrogen and oxygen atoms in total. The van der Waals surface area contributed by atoms with E-state index in [1.807, 2.05) is 0 Å². The van der Waals surface area contributed by atoms with Crippen LogP contribution in [0, 0.1) is 11.8 Å². The summed E-state index contributed by atoms with van der Waals surface area (Å²) < 4.78 is 0. The van der Waals surface area contributed by atoms with E-state index in [2.05, 4.69) is 24.1 Å². The van der Waals surface area contributed by atoms with E-state index in [1.54, 1.807) is 6.08 Å². The minimum atomic E-state index is 0.146. The first-order valence-electron chi connectivity index (χ1n) is 5.82. The van der Waals surface area contributed by atoms with Gasteiger partial charge in [0.05, 0.1) is 0 Å². The Balaban J connectivity index is 2.23. The summed E-state index contributed by atoms with van der Waals surface area (Å²) in [4.78, 5) is 11.5. The number of carbonyl (C=O) groups is 1. The highest BCUT2D eigenvalue weighted by Gasteiger charge is 2.21. The van der Waals surface area contributed by atoms with Crippen LogP contribution in [0.2, 0.25) is 0 Å². The molecule has 0 saturated carbocycles. The average Bonchev–Trinajstić information content (AvgIpc) is 2.27. The zero-order chi connectivity index (χ0) is 11.1. The van der Waals surface area contributed by atoms with Crippen molar-refractivity contribution in [2.45, 2.75) is 26.2 Å². The highest BCUT2D eigenvalue weighted by Crippen LogP contribution is 2.22. The first-order valence-corrected chi connectivity index (χ1v) is 5.82. The monoisotopic (exact) mass is 210 g/mol. The van der Waals surface area contributed by atoms with Crippen molar-refractivity contribution in [2.75, 3.05) is 19.6 Å². The molecule has 2 unspecified atom stereocenters. The third kappa shape index (κ3) is 4.47. The van der Waals surface area contributed by atoms with Crippen molar-refractivity contribution in [1.29, 1.82) is 0 Å². The molecule has 1 fully saturated rings. The summed E-state index contributed by atoms with van der Waals surface area (Å²) in [5.74, 6) is 1.28. The molecule has 1 saturated heterocycles. The molecule has 1 rings (SSSR count). The zero-order valence-electron chi connectivity index (χ0n) is 9.59. The maximum atomic E-state index is 11.5. The van der Waals surface area contributed by atoms with E-state index in [1.165, 1.54) is 12.8 Å². The van der Waals surface area contributed by atoms with Crippen LogP contribution in [0.3, 0.4) is 0 Å². The molecule has 15 heavy (non-hydrogen) atoms. The molecule has 3 heteroatoms. The van der Waals surface area contributed by atoms with E-state index >= 15 is 0 Å². The molecule has 2 N–H and O–H groups in total. The molecule has 0 spiro atoms. The van der Waals surface area contributed by atoms with Gasteiger partial charge in [-0.1, -0.05) is 13.0 Å². The summed E-state index contributed by atoms with van der Waals surface area (Å²) in [7, 11) is 0. The number of amides is 1. The number of carbonyl (C=O) groups excluding carboxylic acids is 1. The summed E-state index contributed by atoms with van der Waals surface area (Å²) in [6.07, 6.45) is 4.84. The lowest BCUT2D eigenvalue weighted by molar-refractivity contribution is -0.122. The third-order valence-electron chi connectivity index (χ3n) is 3.09. The van der Waals surface area contributed by atoms with Crippen molar-refractivity contribution in [3.8, 4) is 0 Å². The van der Waals surface area contributed by atoms with Gasteiger partial charge in [-0.05, 0) is 37.8 Å². The Bertz CT molecular complexity index is 210. The quantitative estimate of drug-likeness (QED) is 0.672. The summed E-state index contributed by atoms with van der Waals surface area (Å²) in [5.41, 5.74) is 0. The Labute approximate surface area is 92.3 Å². The molecule has 0 bridgehead atoms. The molecule has 86 valence electrons. The number of piperidine rings is 1. The number of hydrogen-bond acceptors (Lipinski definition) is 2. The van der Waals surface area contributed by atoms with Crippen LogP contribution in [0.4, 0.5) is 0 Å². The van der Waals surface area contributed by atoms with E-state index in [9.17, 15) is 4.79 Å². The lowest BCUT2D eigenvalue weighted by atomic mass is 9.85. The molecular formula is C12H22N2O. The van der Waals surface area contributed by atoms with Crippen LogP contribution in [0.15, 0.2) is 12.7 Å². The van der Waals surface area contributed by atoms with E-state index in [-0.39, 0.29) is 5.91 Å². The molecule has 0 aromatic carbocycles. The Morgan fingerprint density at radius 3 is 3.13 bits per heavy atom. The fraction of sp³-hybridized carbons (Fsp3) is 0.750. The molecule has 0 aromatic rings. The van der Waals surface area contributed by atoms with Gasteiger partial charge in [0.25, 0.3) is 0 Å². The smallest absolute Gasteiger partial charge is 0.220 e. The van der Waals surface area contributed by atoms with Crippen LogP contribution >= 0.6 is 0 Å². The second-order valence-electron chi connectivity index (χ2n) is 4.38. The largest absolute Gasteiger partial charge is 0.353 e. The Hall–Kier alpha value is -0.830. The van der Waals surface area contributed by atoms with Crippen LogP contribution in [0.25, 0.3) is 0 Å². The molecule has 1 aliphatic rings. The first kappa shape index (κ1) is 12.2. The minimum absolute atomic E-state index is 0.146. The van der Waals surface area contributed by atoms with Gasteiger partial charge in [0.1, 0.15) is 0 Å². The summed E-state index contributed by atoms with van der Waals surface area (Å²) in [5, 5.41) is 6.21. The summed E-state index contributed by atoms with van der Waals surface area (Å²) in [6, 6.07) is 0. The second-order valence-corrected chi connectivity index (χ2v) is 4.38. The first-order chi connectivity index (χ1) is 7.24. The molecule has 1 aliphatic heterocycles. The Morgan fingerprint density at radius 2 is 2.53 bits per heavy atom. The average molecular weight is 210 g/mol. The second kappa shape index (κ2) is 6.62. The van der Waals surface area contributed by atoms with Crippen LogP contribution < -0.4 is 10.6 Å². The van der Waals surface area contributed by atoms with Crippen molar-refractivity contribution in [3.05, 3.63) is 12.7 Å². The van der Waals surface area contributed by atoms with Gasteiger partial charge in [-0.15, -0.1) is 6.58 Å². The van der Waals surface area contributed by atoms with Crippen molar-refractivity contribution >= 4 is 5.91 Å². The predicted octanol–water partition coefficient (Wildman–Crippen LogP) is 1.31. The van der Waals surface area contributed by atoms with Gasteiger partial charge in [0.2, 0.25) is 5.91 Å². The normalized spacial score (nSPS) is 23.1. The van der Waals surface area contributed by atoms with Gasteiger partial charge < -0.3 is 10.6 Å². The van der Waals surface area contributed by atoms with Crippen molar-refractivity contribution < 1.29 is 4.79 Å². The highest BCUT2D eigenvalue weighted by atomic mass is 16.1. The van der Waals surface area contributed by atoms with E-state index in [0.717, 1.165) is 13.1 Å². The van der Waals surface area contributed by atoms with Gasteiger partial charge in [-0.25, -0.2) is 0 Å². The Kier molecular flexibility index (Phi) is 5.40. The Morgan fingerprint density at radius 1 is 1.73 bits per heavy atom. The van der Waals surface area contributed by atoms with Gasteiger partial charge in [0, 0.05) is 13.0 Å². The minimum Gasteiger partial charge on any atom is -0.353 e. The van der Waals surface area contributed by atoms with Crippen LogP contribution in [-0.2, 0) is 4.79 Å². The molecule has 0 radical (unpaired) electrons. The van der Waals surface area contributed by atoms with Crippen LogP contribution in [0.5, 0.6) is 0 Å². The maximum absolute atomic E-state index is 11.5. The molecule has 0 aromatic heterocycles. The fourth-order valence-electron chi connectivity index (χ4n) is 2.08. The van der Waals surface area contributed by atoms with Crippen LogP contribution in [-0.4, -0.2) is 25.5 Å². The van der Waals surface area contributed by atoms with Crippen molar-refractivity contribution in [2.24, 2.45) is 11.8 Å². The maximum Gasteiger partial charge on any atom is 0.220 e. The lowest BCUT2D eigenvalue weighted by Crippen LogP contribution is -2.35. The standard InChI is InChI=1S/C12H22N2O/c1-3-6-14-12(15)8-10(2)11-5-4-7-13-9-11/h3,10-11,13H,1,4-9H2,2H3,(H,14,15). The van der Waals surface area contributed by atoms with Gasteiger partial charge in [0.15, 0.2) is 0 Å². The molecule has 2 atom stereocenters.